The minimum atomic E-state index is 0.00810. The van der Waals surface area contributed by atoms with E-state index in [0.29, 0.717) is 18.9 Å². The van der Waals surface area contributed by atoms with Crippen LogP contribution in [0.25, 0.3) is 0 Å². The molecule has 0 bridgehead atoms. The Balaban J connectivity index is 2.11. The van der Waals surface area contributed by atoms with Crippen molar-refractivity contribution in [1.82, 2.24) is 10.8 Å². The highest BCUT2D eigenvalue weighted by molar-refractivity contribution is 5.75. The second-order valence-corrected chi connectivity index (χ2v) is 3.36. The first kappa shape index (κ1) is 10.5. The van der Waals surface area contributed by atoms with Crippen molar-refractivity contribution >= 4 is 5.91 Å². The van der Waals surface area contributed by atoms with Gasteiger partial charge in [0.05, 0.1) is 6.61 Å². The lowest BCUT2D eigenvalue weighted by Crippen LogP contribution is -2.32. The summed E-state index contributed by atoms with van der Waals surface area (Å²) >= 11 is 0. The Morgan fingerprint density at radius 1 is 1.54 bits per heavy atom. The Hall–Kier alpha value is -0.610. The summed E-state index contributed by atoms with van der Waals surface area (Å²) in [6.07, 6.45) is 2.79. The molecule has 1 amide bonds. The van der Waals surface area contributed by atoms with Crippen LogP contribution in [0.1, 0.15) is 26.2 Å². The first-order valence-corrected chi connectivity index (χ1v) is 4.94. The van der Waals surface area contributed by atoms with E-state index in [-0.39, 0.29) is 5.91 Å². The van der Waals surface area contributed by atoms with Gasteiger partial charge in [-0.25, -0.2) is 5.48 Å². The topological polar surface area (TPSA) is 50.4 Å². The van der Waals surface area contributed by atoms with Crippen LogP contribution in [0.5, 0.6) is 0 Å². The predicted octanol–water partition coefficient (Wildman–Crippen LogP) is 0.444. The number of rotatable bonds is 4. The van der Waals surface area contributed by atoms with Crippen LogP contribution in [0, 0.1) is 5.92 Å². The SMILES string of the molecule is CCONC(=O)CC1CCNCC1. The molecule has 1 rings (SSSR count). The third-order valence-electron chi connectivity index (χ3n) is 2.26. The maximum atomic E-state index is 11.2. The van der Waals surface area contributed by atoms with Crippen LogP contribution in [0.3, 0.4) is 0 Å². The van der Waals surface area contributed by atoms with E-state index in [1.165, 1.54) is 0 Å². The molecular formula is C9H18N2O2. The van der Waals surface area contributed by atoms with Crippen LogP contribution in [-0.4, -0.2) is 25.6 Å². The van der Waals surface area contributed by atoms with Gasteiger partial charge in [-0.15, -0.1) is 0 Å². The van der Waals surface area contributed by atoms with E-state index in [9.17, 15) is 4.79 Å². The van der Waals surface area contributed by atoms with Crippen molar-refractivity contribution in [1.29, 1.82) is 0 Å². The van der Waals surface area contributed by atoms with Crippen molar-refractivity contribution in [2.45, 2.75) is 26.2 Å². The molecule has 1 saturated heterocycles. The fourth-order valence-electron chi connectivity index (χ4n) is 1.54. The average Bonchev–Trinajstić information content (AvgIpc) is 2.16. The van der Waals surface area contributed by atoms with Gasteiger partial charge in [-0.05, 0) is 38.8 Å². The highest BCUT2D eigenvalue weighted by Gasteiger charge is 2.16. The number of carbonyl (C=O) groups is 1. The molecule has 0 aliphatic carbocycles. The number of hydroxylamine groups is 1. The zero-order valence-corrected chi connectivity index (χ0v) is 8.14. The van der Waals surface area contributed by atoms with Crippen LogP contribution < -0.4 is 10.8 Å². The molecule has 1 fully saturated rings. The maximum absolute atomic E-state index is 11.2. The second-order valence-electron chi connectivity index (χ2n) is 3.36. The van der Waals surface area contributed by atoms with Crippen molar-refractivity contribution in [3.05, 3.63) is 0 Å². The Kier molecular flexibility index (Phi) is 4.78. The second kappa shape index (κ2) is 5.94. The van der Waals surface area contributed by atoms with E-state index in [0.717, 1.165) is 25.9 Å². The molecule has 0 aromatic carbocycles. The summed E-state index contributed by atoms with van der Waals surface area (Å²) in [6, 6.07) is 0. The first-order valence-electron chi connectivity index (χ1n) is 4.94. The van der Waals surface area contributed by atoms with Gasteiger partial charge in [-0.2, -0.15) is 0 Å². The van der Waals surface area contributed by atoms with Gasteiger partial charge in [0.2, 0.25) is 5.91 Å². The average molecular weight is 186 g/mol. The third kappa shape index (κ3) is 4.24. The van der Waals surface area contributed by atoms with Gasteiger partial charge < -0.3 is 5.32 Å². The Morgan fingerprint density at radius 2 is 2.23 bits per heavy atom. The number of hydrogen-bond acceptors (Lipinski definition) is 3. The molecule has 1 aliphatic heterocycles. The number of nitrogens with one attached hydrogen (secondary N) is 2. The van der Waals surface area contributed by atoms with E-state index in [1.54, 1.807) is 0 Å². The molecule has 2 N–H and O–H groups in total. The number of hydrogen-bond donors (Lipinski definition) is 2. The summed E-state index contributed by atoms with van der Waals surface area (Å²) in [4.78, 5) is 16.0. The third-order valence-corrected chi connectivity index (χ3v) is 2.26. The zero-order chi connectivity index (χ0) is 9.52. The van der Waals surface area contributed by atoms with Crippen molar-refractivity contribution in [3.63, 3.8) is 0 Å². The smallest absolute Gasteiger partial charge is 0.243 e. The number of amides is 1. The Morgan fingerprint density at radius 3 is 2.85 bits per heavy atom. The van der Waals surface area contributed by atoms with Crippen LogP contribution in [0.15, 0.2) is 0 Å². The van der Waals surface area contributed by atoms with Gasteiger partial charge in [0.25, 0.3) is 0 Å². The van der Waals surface area contributed by atoms with Gasteiger partial charge in [-0.1, -0.05) is 0 Å². The fourth-order valence-corrected chi connectivity index (χ4v) is 1.54. The highest BCUT2D eigenvalue weighted by Crippen LogP contribution is 2.15. The van der Waals surface area contributed by atoms with Gasteiger partial charge in [0.15, 0.2) is 0 Å². The Labute approximate surface area is 79.0 Å². The van der Waals surface area contributed by atoms with Crippen molar-refractivity contribution < 1.29 is 9.63 Å². The fraction of sp³-hybridized carbons (Fsp3) is 0.889. The van der Waals surface area contributed by atoms with E-state index < -0.39 is 0 Å². The van der Waals surface area contributed by atoms with Crippen molar-refractivity contribution in [2.75, 3.05) is 19.7 Å². The molecule has 4 heteroatoms. The van der Waals surface area contributed by atoms with Crippen LogP contribution in [-0.2, 0) is 9.63 Å². The van der Waals surface area contributed by atoms with Crippen LogP contribution in [0.2, 0.25) is 0 Å². The predicted molar refractivity (Wildman–Crippen MR) is 50.0 cm³/mol. The van der Waals surface area contributed by atoms with E-state index >= 15 is 0 Å². The Bertz CT molecular complexity index is 156. The molecule has 1 heterocycles. The lowest BCUT2D eigenvalue weighted by Gasteiger charge is -2.21. The molecule has 4 nitrogen and oxygen atoms in total. The van der Waals surface area contributed by atoms with E-state index in [4.69, 9.17) is 4.84 Å². The lowest BCUT2D eigenvalue weighted by molar-refractivity contribution is -0.134. The van der Waals surface area contributed by atoms with E-state index in [1.807, 2.05) is 6.92 Å². The van der Waals surface area contributed by atoms with Gasteiger partial charge in [0, 0.05) is 6.42 Å². The minimum absolute atomic E-state index is 0.00810. The molecule has 1 aliphatic rings. The summed E-state index contributed by atoms with van der Waals surface area (Å²) in [5.74, 6) is 0.537. The van der Waals surface area contributed by atoms with Crippen molar-refractivity contribution in [3.8, 4) is 0 Å². The summed E-state index contributed by atoms with van der Waals surface area (Å²) in [6.45, 7) is 4.45. The molecule has 0 radical (unpaired) electrons. The zero-order valence-electron chi connectivity index (χ0n) is 8.14. The van der Waals surface area contributed by atoms with Crippen LogP contribution in [0.4, 0.5) is 0 Å². The first-order chi connectivity index (χ1) is 6.33. The molecule has 0 spiro atoms. The molecule has 13 heavy (non-hydrogen) atoms. The summed E-state index contributed by atoms with van der Waals surface area (Å²) in [5, 5.41) is 3.27. The minimum Gasteiger partial charge on any atom is -0.317 e. The standard InChI is InChI=1S/C9H18N2O2/c1-2-13-11-9(12)7-8-3-5-10-6-4-8/h8,10H,2-7H2,1H3,(H,11,12). The van der Waals surface area contributed by atoms with Gasteiger partial charge in [-0.3, -0.25) is 9.63 Å². The van der Waals surface area contributed by atoms with Crippen LogP contribution >= 0.6 is 0 Å². The quantitative estimate of drug-likeness (QED) is 0.626. The number of carbonyl (C=O) groups excluding carboxylic acids is 1. The summed E-state index contributed by atoms with van der Waals surface area (Å²) < 4.78 is 0. The molecule has 0 atom stereocenters. The van der Waals surface area contributed by atoms with E-state index in [2.05, 4.69) is 10.8 Å². The maximum Gasteiger partial charge on any atom is 0.243 e. The highest BCUT2D eigenvalue weighted by atomic mass is 16.6. The molecular weight excluding hydrogens is 168 g/mol. The van der Waals surface area contributed by atoms with Gasteiger partial charge in [0.1, 0.15) is 0 Å². The van der Waals surface area contributed by atoms with Gasteiger partial charge >= 0.3 is 0 Å². The molecule has 76 valence electrons. The number of piperidine rings is 1. The molecule has 0 aromatic heterocycles. The molecule has 0 saturated carbocycles. The van der Waals surface area contributed by atoms with Crippen molar-refractivity contribution in [2.24, 2.45) is 5.92 Å². The summed E-state index contributed by atoms with van der Waals surface area (Å²) in [7, 11) is 0. The monoisotopic (exact) mass is 186 g/mol. The molecule has 0 unspecified atom stereocenters. The lowest BCUT2D eigenvalue weighted by atomic mass is 9.94. The molecule has 0 aromatic rings. The largest absolute Gasteiger partial charge is 0.317 e. The normalized spacial score (nSPS) is 18.5. The summed E-state index contributed by atoms with van der Waals surface area (Å²) in [5.41, 5.74) is 2.42.